The molecule has 0 aromatic heterocycles. The van der Waals surface area contributed by atoms with E-state index in [0.717, 1.165) is 0 Å². The van der Waals surface area contributed by atoms with E-state index in [1.807, 2.05) is 20.8 Å². The Morgan fingerprint density at radius 2 is 1.93 bits per heavy atom. The van der Waals surface area contributed by atoms with Gasteiger partial charge in [-0.2, -0.15) is 4.31 Å². The zero-order chi connectivity index (χ0) is 20.2. The number of benzene rings is 1. The fourth-order valence-corrected chi connectivity index (χ4v) is 4.70. The van der Waals surface area contributed by atoms with Gasteiger partial charge in [-0.15, -0.1) is 0 Å². The smallest absolute Gasteiger partial charge is 0.326 e. The van der Waals surface area contributed by atoms with Crippen molar-refractivity contribution in [1.82, 2.24) is 9.62 Å². The summed E-state index contributed by atoms with van der Waals surface area (Å²) < 4.78 is 32.8. The van der Waals surface area contributed by atoms with Gasteiger partial charge in [0.1, 0.15) is 6.04 Å². The van der Waals surface area contributed by atoms with Crippen molar-refractivity contribution in [1.29, 1.82) is 0 Å². The third-order valence-electron chi connectivity index (χ3n) is 4.30. The number of nitrogens with one attached hydrogen (secondary N) is 1. The summed E-state index contributed by atoms with van der Waals surface area (Å²) in [5, 5.41) is 11.6. The molecule has 0 aliphatic carbocycles. The summed E-state index contributed by atoms with van der Waals surface area (Å²) in [6.07, 6.45) is 0.447. The van der Waals surface area contributed by atoms with E-state index >= 15 is 0 Å². The predicted molar refractivity (Wildman–Crippen MR) is 99.0 cm³/mol. The molecule has 3 atom stereocenters. The maximum atomic E-state index is 12.9. The Balaban J connectivity index is 2.23. The lowest BCUT2D eigenvalue weighted by Crippen LogP contribution is -2.48. The predicted octanol–water partition coefficient (Wildman–Crippen LogP) is 1.47. The molecule has 9 heteroatoms. The first-order valence-corrected chi connectivity index (χ1v) is 10.4. The van der Waals surface area contributed by atoms with Crippen molar-refractivity contribution in [3.05, 3.63) is 29.8 Å². The molecular formula is C18H26N2O6S. The summed E-state index contributed by atoms with van der Waals surface area (Å²) in [5.41, 5.74) is 0.104. The summed E-state index contributed by atoms with van der Waals surface area (Å²) in [7, 11) is -3.78. The molecule has 2 rings (SSSR count). The van der Waals surface area contributed by atoms with Gasteiger partial charge in [0.25, 0.3) is 5.91 Å². The number of hydrogen-bond acceptors (Lipinski definition) is 5. The molecule has 8 nitrogen and oxygen atoms in total. The molecule has 1 aromatic carbocycles. The van der Waals surface area contributed by atoms with Crippen LogP contribution < -0.4 is 5.32 Å². The number of nitrogens with zero attached hydrogens (tertiary/aromatic N) is 1. The number of hydrogen-bond donors (Lipinski definition) is 2. The second-order valence-corrected chi connectivity index (χ2v) is 8.70. The summed E-state index contributed by atoms with van der Waals surface area (Å²) in [4.78, 5) is 23.6. The Hall–Kier alpha value is -1.97. The van der Waals surface area contributed by atoms with E-state index in [2.05, 4.69) is 5.32 Å². The van der Waals surface area contributed by atoms with E-state index in [9.17, 15) is 23.1 Å². The van der Waals surface area contributed by atoms with E-state index in [0.29, 0.717) is 12.8 Å². The molecule has 1 saturated heterocycles. The van der Waals surface area contributed by atoms with Gasteiger partial charge in [0.15, 0.2) is 0 Å². The fourth-order valence-electron chi connectivity index (χ4n) is 3.06. The number of carboxylic acid groups (broad SMARTS) is 1. The molecule has 1 aliphatic heterocycles. The van der Waals surface area contributed by atoms with Crippen LogP contribution in [0.25, 0.3) is 0 Å². The van der Waals surface area contributed by atoms with Crippen LogP contribution in [-0.2, 0) is 19.6 Å². The van der Waals surface area contributed by atoms with Crippen molar-refractivity contribution in [2.45, 2.75) is 56.8 Å². The molecule has 1 aromatic rings. The Labute approximate surface area is 159 Å². The highest BCUT2D eigenvalue weighted by Gasteiger charge is 2.32. The topological polar surface area (TPSA) is 113 Å². The van der Waals surface area contributed by atoms with Crippen molar-refractivity contribution >= 4 is 21.9 Å². The summed E-state index contributed by atoms with van der Waals surface area (Å²) >= 11 is 0. The SMILES string of the molecule is CCCC(NC(=O)c1cccc(S(=O)(=O)N2CC(C)OC(C)C2)c1)C(=O)O. The normalized spacial score (nSPS) is 22.2. The number of aliphatic carboxylic acids is 1. The van der Waals surface area contributed by atoms with Crippen LogP contribution in [0.15, 0.2) is 29.2 Å². The monoisotopic (exact) mass is 398 g/mol. The minimum Gasteiger partial charge on any atom is -0.480 e. The van der Waals surface area contributed by atoms with Gasteiger partial charge in [0, 0.05) is 18.7 Å². The van der Waals surface area contributed by atoms with Gasteiger partial charge >= 0.3 is 5.97 Å². The highest BCUT2D eigenvalue weighted by Crippen LogP contribution is 2.22. The number of sulfonamides is 1. The van der Waals surface area contributed by atoms with Crippen LogP contribution in [0, 0.1) is 0 Å². The fraction of sp³-hybridized carbons (Fsp3) is 0.556. The Morgan fingerprint density at radius 1 is 1.30 bits per heavy atom. The zero-order valence-corrected chi connectivity index (χ0v) is 16.5. The number of amides is 1. The van der Waals surface area contributed by atoms with E-state index in [1.165, 1.54) is 28.6 Å². The van der Waals surface area contributed by atoms with Crippen LogP contribution in [0.1, 0.15) is 44.0 Å². The minimum absolute atomic E-state index is 0.00110. The molecule has 3 unspecified atom stereocenters. The highest BCUT2D eigenvalue weighted by molar-refractivity contribution is 7.89. The molecule has 1 amide bonds. The summed E-state index contributed by atoms with van der Waals surface area (Å²) in [6, 6.07) is 4.63. The average Bonchev–Trinajstić information content (AvgIpc) is 2.60. The largest absolute Gasteiger partial charge is 0.480 e. The van der Waals surface area contributed by atoms with Crippen molar-refractivity contribution in [3.63, 3.8) is 0 Å². The van der Waals surface area contributed by atoms with Crippen LogP contribution in [0.3, 0.4) is 0 Å². The first-order chi connectivity index (χ1) is 12.6. The van der Waals surface area contributed by atoms with Crippen molar-refractivity contribution in [2.24, 2.45) is 0 Å². The minimum atomic E-state index is -3.78. The van der Waals surface area contributed by atoms with E-state index in [4.69, 9.17) is 4.74 Å². The molecule has 1 heterocycles. The van der Waals surface area contributed by atoms with E-state index in [1.54, 1.807) is 0 Å². The van der Waals surface area contributed by atoms with Gasteiger partial charge in [-0.1, -0.05) is 19.4 Å². The molecule has 1 fully saturated rings. The van der Waals surface area contributed by atoms with Gasteiger partial charge in [-0.05, 0) is 38.5 Å². The lowest BCUT2D eigenvalue weighted by Gasteiger charge is -2.34. The third-order valence-corrected chi connectivity index (χ3v) is 6.13. The van der Waals surface area contributed by atoms with Gasteiger partial charge < -0.3 is 15.2 Å². The molecule has 0 saturated carbocycles. The quantitative estimate of drug-likeness (QED) is 0.719. The number of ether oxygens (including phenoxy) is 1. The zero-order valence-electron chi connectivity index (χ0n) is 15.7. The number of morpholine rings is 1. The number of carboxylic acids is 1. The van der Waals surface area contributed by atoms with E-state index in [-0.39, 0.29) is 35.8 Å². The Morgan fingerprint density at radius 3 is 2.48 bits per heavy atom. The first-order valence-electron chi connectivity index (χ1n) is 8.94. The van der Waals surface area contributed by atoms with Crippen LogP contribution in [0.2, 0.25) is 0 Å². The first kappa shape index (κ1) is 21.3. The maximum absolute atomic E-state index is 12.9. The van der Waals surface area contributed by atoms with Gasteiger partial charge in [-0.3, -0.25) is 4.79 Å². The van der Waals surface area contributed by atoms with Crippen molar-refractivity contribution in [3.8, 4) is 0 Å². The van der Waals surface area contributed by atoms with Crippen LogP contribution in [0.4, 0.5) is 0 Å². The molecule has 150 valence electrons. The van der Waals surface area contributed by atoms with Crippen molar-refractivity contribution in [2.75, 3.05) is 13.1 Å². The molecule has 27 heavy (non-hydrogen) atoms. The average molecular weight is 398 g/mol. The van der Waals surface area contributed by atoms with Gasteiger partial charge in [0.2, 0.25) is 10.0 Å². The Bertz CT molecular complexity index is 785. The second-order valence-electron chi connectivity index (χ2n) is 6.76. The maximum Gasteiger partial charge on any atom is 0.326 e. The molecule has 1 aliphatic rings. The van der Waals surface area contributed by atoms with E-state index < -0.39 is 27.9 Å². The summed E-state index contributed by atoms with van der Waals surface area (Å²) in [5.74, 6) is -1.73. The lowest BCUT2D eigenvalue weighted by molar-refractivity contribution is -0.139. The summed E-state index contributed by atoms with van der Waals surface area (Å²) in [6.45, 7) is 5.91. The second kappa shape index (κ2) is 8.81. The molecule has 2 N–H and O–H groups in total. The number of carbonyl (C=O) groups is 2. The highest BCUT2D eigenvalue weighted by atomic mass is 32.2. The Kier molecular flexibility index (Phi) is 6.96. The standard InChI is InChI=1S/C18H26N2O6S/c1-4-6-16(18(22)23)19-17(21)14-7-5-8-15(9-14)27(24,25)20-10-12(2)26-13(3)11-20/h5,7-9,12-13,16H,4,6,10-11H2,1-3H3,(H,19,21)(H,22,23). The van der Waals surface area contributed by atoms with Crippen LogP contribution in [-0.4, -0.2) is 61.0 Å². The van der Waals surface area contributed by atoms with Crippen molar-refractivity contribution < 1.29 is 27.9 Å². The van der Waals surface area contributed by atoms with Crippen LogP contribution >= 0.6 is 0 Å². The van der Waals surface area contributed by atoms with Crippen LogP contribution in [0.5, 0.6) is 0 Å². The number of carbonyl (C=O) groups excluding carboxylic acids is 1. The third kappa shape index (κ3) is 5.27. The lowest BCUT2D eigenvalue weighted by atomic mass is 10.1. The number of rotatable bonds is 7. The molecule has 0 bridgehead atoms. The van der Waals surface area contributed by atoms with Gasteiger partial charge in [0.05, 0.1) is 17.1 Å². The molecular weight excluding hydrogens is 372 g/mol. The molecule has 0 radical (unpaired) electrons. The van der Waals surface area contributed by atoms with Gasteiger partial charge in [-0.25, -0.2) is 13.2 Å². The molecule has 0 spiro atoms.